The van der Waals surface area contributed by atoms with E-state index in [9.17, 15) is 4.79 Å². The molecule has 0 aliphatic rings. The van der Waals surface area contributed by atoms with Crippen molar-refractivity contribution in [3.8, 4) is 0 Å². The van der Waals surface area contributed by atoms with Crippen LogP contribution in [0.4, 0.5) is 0 Å². The number of rotatable bonds is 1. The Morgan fingerprint density at radius 1 is 2.00 bits per heavy atom. The van der Waals surface area contributed by atoms with Gasteiger partial charge >= 0.3 is 0 Å². The van der Waals surface area contributed by atoms with Gasteiger partial charge in [-0.1, -0.05) is 22.6 Å². The van der Waals surface area contributed by atoms with Gasteiger partial charge in [0.2, 0.25) is 0 Å². The third kappa shape index (κ3) is 4.46. The summed E-state index contributed by atoms with van der Waals surface area (Å²) in [6, 6.07) is 0. The lowest BCUT2D eigenvalue weighted by Gasteiger charge is -1.70. The Labute approximate surface area is 45.7 Å². The Hall–Kier alpha value is 0.465. The van der Waals surface area contributed by atoms with Gasteiger partial charge in [0.25, 0.3) is 0 Å². The van der Waals surface area contributed by atoms with Gasteiger partial charge < -0.3 is 4.79 Å². The maximum absolute atomic E-state index is 9.58. The first-order valence-electron chi connectivity index (χ1n) is 1.11. The molecule has 0 saturated carbocycles. The van der Waals surface area contributed by atoms with Gasteiger partial charge in [-0.3, -0.25) is 0 Å². The fraction of sp³-hybridized carbons (Fsp3) is 0.500. The zero-order chi connectivity index (χ0) is 4.28. The molecular weight excluding hydrogens is 178 g/mol. The molecule has 26 valence electrons. The van der Waals surface area contributed by atoms with Crippen LogP contribution in [0.3, 0.4) is 0 Å². The van der Waals surface area contributed by atoms with E-state index in [1.54, 1.807) is 0 Å². The number of carbonyl (C=O) groups excluding carboxylic acids is 1. The highest BCUT2D eigenvalue weighted by atomic mass is 127. The topological polar surface area (TPSA) is 17.1 Å². The summed E-state index contributed by atoms with van der Waals surface area (Å²) in [4.78, 5) is 9.58. The molecule has 3 heteroatoms. The third-order valence-corrected chi connectivity index (χ3v) is 0.884. The molecule has 0 unspecified atom stereocenters. The predicted octanol–water partition coefficient (Wildman–Crippen LogP) is 0.116. The molecule has 0 aliphatic heterocycles. The van der Waals surface area contributed by atoms with Gasteiger partial charge in [0.1, 0.15) is 0 Å². The molecule has 0 atom stereocenters. The van der Waals surface area contributed by atoms with E-state index in [1.807, 2.05) is 22.6 Å². The first-order valence-corrected chi connectivity index (χ1v) is 2.64. The molecule has 0 fully saturated rings. The van der Waals surface area contributed by atoms with Gasteiger partial charge in [-0.15, -0.1) is 0 Å². The molecule has 0 aromatic carbocycles. The van der Waals surface area contributed by atoms with Crippen molar-refractivity contribution in [3.05, 3.63) is 0 Å². The molecule has 5 heavy (non-hydrogen) atoms. The van der Waals surface area contributed by atoms with E-state index in [4.69, 9.17) is 0 Å². The third-order valence-electron chi connectivity index (χ3n) is 0.132. The highest BCUT2D eigenvalue weighted by Gasteiger charge is 1.78. The maximum atomic E-state index is 9.58. The van der Waals surface area contributed by atoms with Crippen LogP contribution in [-0.2, 0) is 4.79 Å². The van der Waals surface area contributed by atoms with Crippen LogP contribution in [0, 0.1) is 0 Å². The smallest absolute Gasteiger partial charge is 0.168 e. The molecule has 0 amide bonds. The van der Waals surface area contributed by atoms with Crippen LogP contribution in [0.25, 0.3) is 0 Å². The van der Waals surface area contributed by atoms with Gasteiger partial charge in [0.15, 0.2) is 7.85 Å². The molecule has 0 aromatic heterocycles. The van der Waals surface area contributed by atoms with Gasteiger partial charge in [-0.25, -0.2) is 0 Å². The lowest BCUT2D eigenvalue weighted by atomic mass is 10.1. The first kappa shape index (κ1) is 5.46. The van der Waals surface area contributed by atoms with Crippen molar-refractivity contribution < 1.29 is 4.79 Å². The Balaban J connectivity index is 2.85. The summed E-state index contributed by atoms with van der Waals surface area (Å²) in [5.41, 5.74) is -0.259. The minimum atomic E-state index is -0.259. The van der Waals surface area contributed by atoms with Crippen LogP contribution < -0.4 is 0 Å². The standard InChI is InChI=1S/C2H2BIO/c3-2(5)1-4/h1H2. The lowest BCUT2D eigenvalue weighted by Crippen LogP contribution is -1.93. The van der Waals surface area contributed by atoms with Crippen molar-refractivity contribution in [3.63, 3.8) is 0 Å². The van der Waals surface area contributed by atoms with Crippen molar-refractivity contribution >= 4 is 36.1 Å². The summed E-state index contributed by atoms with van der Waals surface area (Å²) in [5, 5.41) is 0. The second kappa shape index (κ2) is 2.69. The van der Waals surface area contributed by atoms with Crippen LogP contribution >= 0.6 is 22.6 Å². The largest absolute Gasteiger partial charge is 0.312 e. The van der Waals surface area contributed by atoms with E-state index >= 15 is 0 Å². The Morgan fingerprint density at radius 3 is 2.20 bits per heavy atom. The van der Waals surface area contributed by atoms with E-state index in [-0.39, 0.29) is 5.68 Å². The van der Waals surface area contributed by atoms with Crippen molar-refractivity contribution in [2.24, 2.45) is 0 Å². The summed E-state index contributed by atoms with van der Waals surface area (Å²) in [5.74, 6) is 0. The molecule has 0 bridgehead atoms. The van der Waals surface area contributed by atoms with Crippen LogP contribution in [0.15, 0.2) is 0 Å². The minimum absolute atomic E-state index is 0.259. The van der Waals surface area contributed by atoms with Gasteiger partial charge in [0.05, 0.1) is 5.68 Å². The Kier molecular flexibility index (Phi) is 2.94. The molecule has 0 spiro atoms. The molecule has 0 N–H and O–H groups in total. The van der Waals surface area contributed by atoms with Crippen molar-refractivity contribution in [2.75, 3.05) is 4.43 Å². The number of alkyl halides is 1. The summed E-state index contributed by atoms with van der Waals surface area (Å²) in [6.07, 6.45) is 0. The summed E-state index contributed by atoms with van der Waals surface area (Å²) < 4.78 is 0.414. The molecular formula is C2H2BIO. The fourth-order valence-electron chi connectivity index (χ4n) is 0. The maximum Gasteiger partial charge on any atom is 0.168 e. The lowest BCUT2D eigenvalue weighted by molar-refractivity contribution is -0.109. The van der Waals surface area contributed by atoms with Gasteiger partial charge in [-0.05, 0) is 0 Å². The van der Waals surface area contributed by atoms with E-state index in [0.717, 1.165) is 0 Å². The predicted molar refractivity (Wildman–Crippen MR) is 29.6 cm³/mol. The second-order valence-corrected chi connectivity index (χ2v) is 1.36. The van der Waals surface area contributed by atoms with Gasteiger partial charge in [-0.2, -0.15) is 0 Å². The van der Waals surface area contributed by atoms with E-state index < -0.39 is 0 Å². The number of carbonyl (C=O) groups is 1. The van der Waals surface area contributed by atoms with Crippen LogP contribution in [0.5, 0.6) is 0 Å². The van der Waals surface area contributed by atoms with Crippen LogP contribution in [-0.4, -0.2) is 18.0 Å². The average Bonchev–Trinajstić information content (AvgIpc) is 1.38. The number of hydrogen-bond donors (Lipinski definition) is 0. The normalized spacial score (nSPS) is 7.40. The molecule has 0 rings (SSSR count). The molecule has 0 heterocycles. The van der Waals surface area contributed by atoms with Crippen LogP contribution in [0.1, 0.15) is 0 Å². The van der Waals surface area contributed by atoms with Gasteiger partial charge in [0, 0.05) is 4.43 Å². The monoisotopic (exact) mass is 180 g/mol. The first-order chi connectivity index (χ1) is 2.27. The summed E-state index contributed by atoms with van der Waals surface area (Å²) >= 11 is 1.90. The second-order valence-electron chi connectivity index (χ2n) is 0.600. The zero-order valence-electron chi connectivity index (χ0n) is 2.57. The van der Waals surface area contributed by atoms with Crippen LogP contribution in [0.2, 0.25) is 0 Å². The molecule has 0 aromatic rings. The number of halogens is 1. The Morgan fingerprint density at radius 2 is 2.20 bits per heavy atom. The minimum Gasteiger partial charge on any atom is -0.312 e. The highest BCUT2D eigenvalue weighted by Crippen LogP contribution is 1.74. The number of hydrogen-bond acceptors (Lipinski definition) is 1. The average molecular weight is 180 g/mol. The quantitative estimate of drug-likeness (QED) is 0.318. The molecule has 2 radical (unpaired) electrons. The fourth-order valence-corrected chi connectivity index (χ4v) is 0. The molecule has 0 saturated heterocycles. The summed E-state index contributed by atoms with van der Waals surface area (Å²) in [7, 11) is 4.65. The summed E-state index contributed by atoms with van der Waals surface area (Å²) in [6.45, 7) is 0. The van der Waals surface area contributed by atoms with E-state index in [2.05, 4.69) is 7.85 Å². The van der Waals surface area contributed by atoms with E-state index in [1.165, 1.54) is 0 Å². The zero-order valence-corrected chi connectivity index (χ0v) is 4.73. The molecule has 1 nitrogen and oxygen atoms in total. The molecule has 0 aliphatic carbocycles. The van der Waals surface area contributed by atoms with Crippen molar-refractivity contribution in [2.45, 2.75) is 0 Å². The van der Waals surface area contributed by atoms with Crippen molar-refractivity contribution in [1.29, 1.82) is 0 Å². The SMILES string of the molecule is [B]C(=O)CI. The van der Waals surface area contributed by atoms with E-state index in [0.29, 0.717) is 4.43 Å². The van der Waals surface area contributed by atoms with Crippen molar-refractivity contribution in [1.82, 2.24) is 0 Å². The Bertz CT molecular complexity index is 44.9. The highest BCUT2D eigenvalue weighted by molar-refractivity contribution is 14.1.